The number of ether oxygens (including phenoxy) is 22. The van der Waals surface area contributed by atoms with Crippen molar-refractivity contribution in [2.75, 3.05) is 228 Å². The molecule has 2 aromatic heterocycles. The fraction of sp³-hybridized carbons (Fsp3) is 0.649. The highest BCUT2D eigenvalue weighted by Crippen LogP contribution is 2.39. The zero-order chi connectivity index (χ0) is 78.5. The van der Waals surface area contributed by atoms with Gasteiger partial charge in [0.25, 0.3) is 0 Å². The van der Waals surface area contributed by atoms with Gasteiger partial charge in [-0.1, -0.05) is 34.1 Å². The molecule has 36 heteroatoms. The van der Waals surface area contributed by atoms with Crippen LogP contribution >= 0.6 is 0 Å². The Hall–Kier alpha value is -7.10. The zero-order valence-electron chi connectivity index (χ0n) is 63.3. The van der Waals surface area contributed by atoms with Crippen molar-refractivity contribution in [1.29, 1.82) is 0 Å². The summed E-state index contributed by atoms with van der Waals surface area (Å²) in [6, 6.07) is 10.4. The highest BCUT2D eigenvalue weighted by Gasteiger charge is 2.45. The van der Waals surface area contributed by atoms with Gasteiger partial charge in [0.05, 0.1) is 180 Å². The predicted molar refractivity (Wildman–Crippen MR) is 387 cm³/mol. The van der Waals surface area contributed by atoms with Crippen molar-refractivity contribution >= 4 is 0 Å². The minimum absolute atomic E-state index is 0.0396. The second kappa shape index (κ2) is 52.3. The number of rotatable bonds is 56. The number of hydrogen-bond acceptors (Lipinski definition) is 34. The van der Waals surface area contributed by atoms with Crippen LogP contribution in [0.3, 0.4) is 0 Å². The molecule has 614 valence electrons. The number of aryl methyl sites for hydroxylation is 2. The van der Waals surface area contributed by atoms with E-state index in [0.29, 0.717) is 171 Å². The number of nitrogens with zero attached hydrogens (tertiary/aromatic N) is 6. The molecule has 0 bridgehead atoms. The molecule has 10 atom stereocenters. The van der Waals surface area contributed by atoms with Crippen LogP contribution in [0.5, 0.6) is 34.5 Å². The van der Waals surface area contributed by atoms with Crippen molar-refractivity contribution in [2.24, 2.45) is 0 Å². The second-order valence-corrected chi connectivity index (χ2v) is 24.3. The second-order valence-electron chi connectivity index (χ2n) is 24.3. The van der Waals surface area contributed by atoms with Gasteiger partial charge in [0.1, 0.15) is 134 Å². The third-order valence-corrected chi connectivity index (χ3v) is 16.4. The van der Waals surface area contributed by atoms with Crippen LogP contribution in [-0.2, 0) is 88.9 Å². The molecule has 0 aliphatic carbocycles. The van der Waals surface area contributed by atoms with Crippen LogP contribution < -0.4 is 28.4 Å². The molecule has 7 rings (SSSR count). The first-order chi connectivity index (χ1) is 53.8. The SMILES string of the molecule is COCCOCCOc1cc(C#Cc2cc(OCCOCCOC)c(-c3cn(CCCO[C@@H]4O[C@H](CO)[C@H](O)[C@H](O)[C@H]4O)nn3)cc2OCCOCCOC)c(OCCOCCOC)cc1C#Cc1cc(OCCOCCOC)c(-c2cn(CCCO[C@@H]3O[C@H](CO)[C@H](O)[C@H](O)[C@H]3O)nn2)cc1OCCOCCOC. The number of methoxy groups -OCH3 is 6. The largest absolute Gasteiger partial charge is 0.490 e. The molecule has 8 N–H and O–H groups in total. The smallest absolute Gasteiger partial charge is 0.186 e. The molecule has 0 saturated carbocycles. The summed E-state index contributed by atoms with van der Waals surface area (Å²) >= 11 is 0. The Kier molecular flexibility index (Phi) is 42.8. The number of hydrogen-bond donors (Lipinski definition) is 8. The van der Waals surface area contributed by atoms with Crippen molar-refractivity contribution in [1.82, 2.24) is 30.0 Å². The molecule has 2 fully saturated rings. The summed E-state index contributed by atoms with van der Waals surface area (Å²) in [6.07, 6.45) is -10.1. The number of benzene rings is 3. The lowest BCUT2D eigenvalue weighted by Crippen LogP contribution is -2.59. The first-order valence-corrected chi connectivity index (χ1v) is 36.2. The van der Waals surface area contributed by atoms with Gasteiger partial charge in [-0.15, -0.1) is 10.2 Å². The summed E-state index contributed by atoms with van der Waals surface area (Å²) in [7, 11) is 9.47. The van der Waals surface area contributed by atoms with Crippen molar-refractivity contribution in [2.45, 2.75) is 87.3 Å². The lowest BCUT2D eigenvalue weighted by atomic mass is 9.99. The zero-order valence-corrected chi connectivity index (χ0v) is 63.3. The lowest BCUT2D eigenvalue weighted by Gasteiger charge is -2.39. The molecule has 36 nitrogen and oxygen atoms in total. The van der Waals surface area contributed by atoms with E-state index in [2.05, 4.69) is 44.3 Å². The van der Waals surface area contributed by atoms with Gasteiger partial charge in [-0.3, -0.25) is 9.36 Å². The molecule has 2 aliphatic rings. The molecule has 0 amide bonds. The summed E-state index contributed by atoms with van der Waals surface area (Å²) in [4.78, 5) is 0. The third kappa shape index (κ3) is 30.1. The molecule has 2 aliphatic heterocycles. The fourth-order valence-corrected chi connectivity index (χ4v) is 10.5. The van der Waals surface area contributed by atoms with Gasteiger partial charge in [0.2, 0.25) is 0 Å². The van der Waals surface area contributed by atoms with E-state index in [-0.39, 0.29) is 106 Å². The Morgan fingerprint density at radius 2 is 0.591 bits per heavy atom. The highest BCUT2D eigenvalue weighted by atomic mass is 16.7. The first kappa shape index (κ1) is 90.1. The highest BCUT2D eigenvalue weighted by molar-refractivity contribution is 5.74. The maximum absolute atomic E-state index is 10.5. The molecular formula is C74H108N6O30. The molecule has 2 saturated heterocycles. The van der Waals surface area contributed by atoms with Crippen LogP contribution in [-0.4, -0.2) is 360 Å². The summed E-state index contributed by atoms with van der Waals surface area (Å²) in [5.41, 5.74) is 3.28. The standard InChI is InChI=1S/C74H108N6O30/c1-89-17-23-95-29-35-101-59-41-52(10-12-54-44-64(106-40-34-100-28-22-94-6)56(46-62(54)104-38-32-98-26-20-92-4)58-48-80(78-76-58)14-8-16-108-74-72(88)70(86)68(84)66(50-82)110-74)60(102-36-30-96-24-18-90-2)42-51(59)9-11-53-43-63(105-39-33-99-27-21-93-5)55(45-61(53)103-37-31-97-25-19-91-3)57-47-79(77-75-57)13-7-15-107-73-71(87)69(85)67(83)65(49-81)109-73/h41-48,65-74,81-88H,7-8,13-40,49-50H2,1-6H3/t65-,66-,67+,68+,69+,70+,71-,72-,73-,74-/m1/s1. The van der Waals surface area contributed by atoms with Crippen LogP contribution in [0.4, 0.5) is 0 Å². The van der Waals surface area contributed by atoms with Crippen molar-refractivity contribution in [3.05, 3.63) is 71.0 Å². The molecule has 3 aromatic carbocycles. The Bertz CT molecular complexity index is 3270. The van der Waals surface area contributed by atoms with Gasteiger partial charge in [0, 0.05) is 91.1 Å². The first-order valence-electron chi connectivity index (χ1n) is 36.2. The average molecular weight is 1560 g/mol. The van der Waals surface area contributed by atoms with Crippen LogP contribution in [0.25, 0.3) is 22.5 Å². The van der Waals surface area contributed by atoms with Crippen LogP contribution in [0.1, 0.15) is 35.1 Å². The molecule has 0 unspecified atom stereocenters. The molecule has 0 spiro atoms. The number of aliphatic hydroxyl groups excluding tert-OH is 8. The number of aromatic nitrogens is 6. The summed E-state index contributed by atoms with van der Waals surface area (Å²) in [5.74, 6) is 15.3. The van der Waals surface area contributed by atoms with Gasteiger partial charge in [-0.05, 0) is 25.0 Å². The maximum atomic E-state index is 10.5. The lowest BCUT2D eigenvalue weighted by molar-refractivity contribution is -0.301. The maximum Gasteiger partial charge on any atom is 0.186 e. The molecule has 110 heavy (non-hydrogen) atoms. The molecule has 4 heterocycles. The van der Waals surface area contributed by atoms with Gasteiger partial charge in [0.15, 0.2) is 12.6 Å². The monoisotopic (exact) mass is 1560 g/mol. The van der Waals surface area contributed by atoms with Gasteiger partial charge in [-0.2, -0.15) is 0 Å². The Balaban J connectivity index is 1.30. The van der Waals surface area contributed by atoms with E-state index in [9.17, 15) is 40.9 Å². The normalized spacial score (nSPS) is 19.7. The van der Waals surface area contributed by atoms with E-state index >= 15 is 0 Å². The predicted octanol–water partition coefficient (Wildman–Crippen LogP) is -0.333. The summed E-state index contributed by atoms with van der Waals surface area (Å²) in [5, 5.41) is 99.3. The van der Waals surface area contributed by atoms with Crippen molar-refractivity contribution < 1.29 is 145 Å². The van der Waals surface area contributed by atoms with E-state index in [1.54, 1.807) is 101 Å². The Labute approximate surface area is 639 Å². The minimum Gasteiger partial charge on any atom is -0.490 e. The fourth-order valence-electron chi connectivity index (χ4n) is 10.5. The van der Waals surface area contributed by atoms with Gasteiger partial charge < -0.3 is 145 Å². The topological polar surface area (TPSA) is 426 Å². The van der Waals surface area contributed by atoms with E-state index in [0.717, 1.165) is 0 Å². The van der Waals surface area contributed by atoms with Crippen LogP contribution in [0.2, 0.25) is 0 Å². The number of aliphatic hydroxyl groups is 8. The van der Waals surface area contributed by atoms with Crippen molar-refractivity contribution in [3.8, 4) is 80.7 Å². The third-order valence-electron chi connectivity index (χ3n) is 16.4. The Morgan fingerprint density at radius 1 is 0.327 bits per heavy atom. The van der Waals surface area contributed by atoms with Gasteiger partial charge >= 0.3 is 0 Å². The average Bonchev–Trinajstić information content (AvgIpc) is 1.30. The summed E-state index contributed by atoms with van der Waals surface area (Å²) < 4.78 is 131. The van der Waals surface area contributed by atoms with Crippen LogP contribution in [0, 0.1) is 23.7 Å². The van der Waals surface area contributed by atoms with Crippen LogP contribution in [0.15, 0.2) is 48.8 Å². The quantitative estimate of drug-likeness (QED) is 0.0182. The van der Waals surface area contributed by atoms with E-state index in [1.165, 1.54) is 0 Å². The van der Waals surface area contributed by atoms with E-state index in [1.807, 2.05) is 0 Å². The van der Waals surface area contributed by atoms with E-state index < -0.39 is 74.6 Å². The molecule has 5 aromatic rings. The summed E-state index contributed by atoms with van der Waals surface area (Å²) in [6.45, 7) is 5.21. The van der Waals surface area contributed by atoms with Crippen molar-refractivity contribution in [3.63, 3.8) is 0 Å². The minimum atomic E-state index is -1.59. The van der Waals surface area contributed by atoms with E-state index in [4.69, 9.17) is 104 Å². The Morgan fingerprint density at radius 3 is 0.873 bits per heavy atom. The molecule has 0 radical (unpaired) electrons. The van der Waals surface area contributed by atoms with Gasteiger partial charge in [-0.25, -0.2) is 0 Å². The molecular weight excluding hydrogens is 1450 g/mol.